The summed E-state index contributed by atoms with van der Waals surface area (Å²) in [5, 5.41) is 12.5. The molecule has 0 aromatic heterocycles. The minimum atomic E-state index is 0.295. The van der Waals surface area contributed by atoms with Gasteiger partial charge in [0.2, 0.25) is 0 Å². The van der Waals surface area contributed by atoms with Crippen LogP contribution in [0.25, 0.3) is 0 Å². The zero-order valence-corrected chi connectivity index (χ0v) is 9.79. The second-order valence-corrected chi connectivity index (χ2v) is 4.99. The van der Waals surface area contributed by atoms with Crippen molar-refractivity contribution in [3.8, 4) is 0 Å². The van der Waals surface area contributed by atoms with Gasteiger partial charge in [-0.1, -0.05) is 20.3 Å². The molecule has 0 spiro atoms. The predicted molar refractivity (Wildman–Crippen MR) is 60.3 cm³/mol. The van der Waals surface area contributed by atoms with Crippen molar-refractivity contribution in [1.29, 1.82) is 0 Å². The summed E-state index contributed by atoms with van der Waals surface area (Å²) in [5.74, 6) is 1.58. The van der Waals surface area contributed by atoms with Gasteiger partial charge in [0.25, 0.3) is 0 Å². The normalized spacial score (nSPS) is 35.6. The van der Waals surface area contributed by atoms with Crippen LogP contribution >= 0.6 is 0 Å². The van der Waals surface area contributed by atoms with Crippen molar-refractivity contribution in [1.82, 2.24) is 5.32 Å². The molecule has 0 aromatic carbocycles. The van der Waals surface area contributed by atoms with Gasteiger partial charge in [-0.25, -0.2) is 0 Å². The predicted octanol–water partition coefficient (Wildman–Crippen LogP) is 2.17. The van der Waals surface area contributed by atoms with E-state index in [4.69, 9.17) is 5.11 Å². The number of hydrogen-bond donors (Lipinski definition) is 2. The van der Waals surface area contributed by atoms with Gasteiger partial charge in [-0.05, 0) is 38.0 Å². The molecule has 84 valence electrons. The SMILES string of the molecule is CC1CCCC(C)C1N[C@H](C)CCO. The third kappa shape index (κ3) is 3.25. The average molecular weight is 199 g/mol. The van der Waals surface area contributed by atoms with Gasteiger partial charge in [-0.15, -0.1) is 0 Å². The van der Waals surface area contributed by atoms with Crippen molar-refractivity contribution in [2.75, 3.05) is 6.61 Å². The highest BCUT2D eigenvalue weighted by molar-refractivity contribution is 4.84. The lowest BCUT2D eigenvalue weighted by Crippen LogP contribution is -2.47. The van der Waals surface area contributed by atoms with Crippen molar-refractivity contribution in [3.05, 3.63) is 0 Å². The molecule has 1 saturated carbocycles. The minimum absolute atomic E-state index is 0.295. The second kappa shape index (κ2) is 5.72. The Morgan fingerprint density at radius 2 is 1.86 bits per heavy atom. The Labute approximate surface area is 88.1 Å². The minimum Gasteiger partial charge on any atom is -0.396 e. The first-order chi connectivity index (χ1) is 6.65. The summed E-state index contributed by atoms with van der Waals surface area (Å²) >= 11 is 0. The van der Waals surface area contributed by atoms with Crippen molar-refractivity contribution < 1.29 is 5.11 Å². The Morgan fingerprint density at radius 1 is 1.29 bits per heavy atom. The molecule has 1 rings (SSSR count). The van der Waals surface area contributed by atoms with Crippen LogP contribution in [0.2, 0.25) is 0 Å². The Kier molecular flexibility index (Phi) is 4.90. The zero-order valence-electron chi connectivity index (χ0n) is 9.79. The van der Waals surface area contributed by atoms with Gasteiger partial charge in [0, 0.05) is 18.7 Å². The summed E-state index contributed by atoms with van der Waals surface area (Å²) < 4.78 is 0. The molecule has 14 heavy (non-hydrogen) atoms. The molecule has 0 saturated heterocycles. The van der Waals surface area contributed by atoms with Gasteiger partial charge in [-0.3, -0.25) is 0 Å². The summed E-state index contributed by atoms with van der Waals surface area (Å²) in [5.41, 5.74) is 0. The Hall–Kier alpha value is -0.0800. The summed E-state index contributed by atoms with van der Waals surface area (Å²) in [6.45, 7) is 7.16. The number of nitrogens with one attached hydrogen (secondary N) is 1. The standard InChI is InChI=1S/C12H25NO/c1-9-5-4-6-10(2)12(9)13-11(3)7-8-14/h9-14H,4-8H2,1-3H3/t9?,10?,11-,12?/m1/s1. The van der Waals surface area contributed by atoms with Gasteiger partial charge in [0.05, 0.1) is 0 Å². The van der Waals surface area contributed by atoms with Crippen LogP contribution < -0.4 is 5.32 Å². The van der Waals surface area contributed by atoms with E-state index in [-0.39, 0.29) is 0 Å². The van der Waals surface area contributed by atoms with Gasteiger partial charge in [0.1, 0.15) is 0 Å². The van der Waals surface area contributed by atoms with Crippen LogP contribution in [-0.4, -0.2) is 23.8 Å². The molecule has 0 aromatic rings. The van der Waals surface area contributed by atoms with Crippen LogP contribution in [0.1, 0.15) is 46.5 Å². The first-order valence-corrected chi connectivity index (χ1v) is 6.02. The Morgan fingerprint density at radius 3 is 2.36 bits per heavy atom. The maximum atomic E-state index is 8.86. The van der Waals surface area contributed by atoms with E-state index in [1.807, 2.05) is 0 Å². The smallest absolute Gasteiger partial charge is 0.0445 e. The van der Waals surface area contributed by atoms with Gasteiger partial charge in [-0.2, -0.15) is 0 Å². The molecule has 0 radical (unpaired) electrons. The lowest BCUT2D eigenvalue weighted by atomic mass is 9.78. The molecule has 2 heteroatoms. The molecular weight excluding hydrogens is 174 g/mol. The fourth-order valence-electron chi connectivity index (χ4n) is 2.62. The lowest BCUT2D eigenvalue weighted by molar-refractivity contribution is 0.182. The van der Waals surface area contributed by atoms with E-state index < -0.39 is 0 Å². The molecule has 1 aliphatic carbocycles. The zero-order chi connectivity index (χ0) is 10.6. The quantitative estimate of drug-likeness (QED) is 0.727. The molecule has 3 atom stereocenters. The molecule has 2 unspecified atom stereocenters. The second-order valence-electron chi connectivity index (χ2n) is 4.99. The molecule has 1 aliphatic rings. The van der Waals surface area contributed by atoms with Gasteiger partial charge >= 0.3 is 0 Å². The fraction of sp³-hybridized carbons (Fsp3) is 1.00. The fourth-order valence-corrected chi connectivity index (χ4v) is 2.62. The van der Waals surface area contributed by atoms with Gasteiger partial charge < -0.3 is 10.4 Å². The maximum Gasteiger partial charge on any atom is 0.0445 e. The van der Waals surface area contributed by atoms with Crippen LogP contribution in [0.4, 0.5) is 0 Å². The number of hydrogen-bond acceptors (Lipinski definition) is 2. The summed E-state index contributed by atoms with van der Waals surface area (Å²) in [6, 6.07) is 1.11. The van der Waals surface area contributed by atoms with Crippen molar-refractivity contribution in [3.63, 3.8) is 0 Å². The van der Waals surface area contributed by atoms with Crippen molar-refractivity contribution in [2.24, 2.45) is 11.8 Å². The molecule has 0 amide bonds. The first-order valence-electron chi connectivity index (χ1n) is 6.02. The first kappa shape index (κ1) is 12.0. The molecule has 2 N–H and O–H groups in total. The molecule has 0 bridgehead atoms. The molecular formula is C12H25NO. The summed E-state index contributed by atoms with van der Waals surface area (Å²) in [7, 11) is 0. The highest BCUT2D eigenvalue weighted by Crippen LogP contribution is 2.29. The highest BCUT2D eigenvalue weighted by Gasteiger charge is 2.28. The van der Waals surface area contributed by atoms with E-state index in [0.29, 0.717) is 18.7 Å². The van der Waals surface area contributed by atoms with Crippen LogP contribution in [0.3, 0.4) is 0 Å². The monoisotopic (exact) mass is 199 g/mol. The molecule has 0 aliphatic heterocycles. The van der Waals surface area contributed by atoms with Crippen LogP contribution in [0.5, 0.6) is 0 Å². The lowest BCUT2D eigenvalue weighted by Gasteiger charge is -2.37. The van der Waals surface area contributed by atoms with E-state index in [0.717, 1.165) is 18.3 Å². The van der Waals surface area contributed by atoms with Crippen LogP contribution in [-0.2, 0) is 0 Å². The number of rotatable bonds is 4. The van der Waals surface area contributed by atoms with E-state index >= 15 is 0 Å². The molecule has 0 heterocycles. The highest BCUT2D eigenvalue weighted by atomic mass is 16.3. The van der Waals surface area contributed by atoms with Crippen molar-refractivity contribution in [2.45, 2.75) is 58.5 Å². The largest absolute Gasteiger partial charge is 0.396 e. The van der Waals surface area contributed by atoms with E-state index in [9.17, 15) is 0 Å². The van der Waals surface area contributed by atoms with Crippen molar-refractivity contribution >= 4 is 0 Å². The average Bonchev–Trinajstić information content (AvgIpc) is 2.12. The topological polar surface area (TPSA) is 32.3 Å². The summed E-state index contributed by atoms with van der Waals surface area (Å²) in [4.78, 5) is 0. The third-order valence-electron chi connectivity index (χ3n) is 3.58. The van der Waals surface area contributed by atoms with Crippen LogP contribution in [0.15, 0.2) is 0 Å². The molecule has 2 nitrogen and oxygen atoms in total. The third-order valence-corrected chi connectivity index (χ3v) is 3.58. The molecule has 1 fully saturated rings. The Balaban J connectivity index is 2.39. The Bertz CT molecular complexity index is 150. The maximum absolute atomic E-state index is 8.86. The van der Waals surface area contributed by atoms with E-state index in [2.05, 4.69) is 26.1 Å². The number of aliphatic hydroxyl groups excluding tert-OH is 1. The summed E-state index contributed by atoms with van der Waals surface area (Å²) in [6.07, 6.45) is 4.96. The van der Waals surface area contributed by atoms with Crippen LogP contribution in [0, 0.1) is 11.8 Å². The van der Waals surface area contributed by atoms with E-state index in [1.165, 1.54) is 19.3 Å². The van der Waals surface area contributed by atoms with E-state index in [1.54, 1.807) is 0 Å². The number of aliphatic hydroxyl groups is 1. The van der Waals surface area contributed by atoms with Gasteiger partial charge in [0.15, 0.2) is 0 Å².